The van der Waals surface area contributed by atoms with E-state index in [0.717, 1.165) is 43.1 Å². The zero-order valence-electron chi connectivity index (χ0n) is 12.1. The summed E-state index contributed by atoms with van der Waals surface area (Å²) in [5.74, 6) is 1.71. The van der Waals surface area contributed by atoms with Gasteiger partial charge >= 0.3 is 0 Å². The van der Waals surface area contributed by atoms with Gasteiger partial charge in [-0.3, -0.25) is 0 Å². The van der Waals surface area contributed by atoms with Crippen LogP contribution >= 0.6 is 11.6 Å². The van der Waals surface area contributed by atoms with Crippen molar-refractivity contribution in [1.82, 2.24) is 9.97 Å². The molecule has 1 aliphatic heterocycles. The van der Waals surface area contributed by atoms with Gasteiger partial charge in [-0.2, -0.15) is 0 Å². The molecule has 1 aromatic rings. The molecule has 4 nitrogen and oxygen atoms in total. The third-order valence-corrected chi connectivity index (χ3v) is 3.79. The number of nitrogens with zero attached hydrogens (tertiary/aromatic N) is 3. The van der Waals surface area contributed by atoms with Crippen LogP contribution in [0.4, 0.5) is 5.82 Å². The molecule has 1 saturated heterocycles. The number of rotatable bonds is 3. The lowest BCUT2D eigenvalue weighted by Gasteiger charge is -2.38. The van der Waals surface area contributed by atoms with Crippen molar-refractivity contribution in [3.8, 4) is 0 Å². The summed E-state index contributed by atoms with van der Waals surface area (Å²) >= 11 is 6.25. The lowest BCUT2D eigenvalue weighted by molar-refractivity contribution is -0.0175. The molecule has 2 rings (SSSR count). The van der Waals surface area contributed by atoms with Crippen LogP contribution in [0.5, 0.6) is 0 Å². The lowest BCUT2D eigenvalue weighted by atomic mass is 10.1. The van der Waals surface area contributed by atoms with Crippen molar-refractivity contribution in [2.75, 3.05) is 18.0 Å². The number of hydrogen-bond donors (Lipinski definition) is 0. The molecule has 19 heavy (non-hydrogen) atoms. The number of aryl methyl sites for hydroxylation is 1. The Balaban J connectivity index is 2.34. The van der Waals surface area contributed by atoms with E-state index < -0.39 is 0 Å². The van der Waals surface area contributed by atoms with E-state index >= 15 is 0 Å². The summed E-state index contributed by atoms with van der Waals surface area (Å²) < 4.78 is 5.90. The van der Waals surface area contributed by atoms with Gasteiger partial charge in [0.1, 0.15) is 16.8 Å². The summed E-state index contributed by atoms with van der Waals surface area (Å²) in [6, 6.07) is 0. The third kappa shape index (κ3) is 3.18. The van der Waals surface area contributed by atoms with E-state index in [1.807, 2.05) is 6.92 Å². The highest BCUT2D eigenvalue weighted by molar-refractivity contribution is 6.30. The maximum Gasteiger partial charge on any atom is 0.138 e. The molecular formula is C14H22ClN3O. The van der Waals surface area contributed by atoms with Gasteiger partial charge < -0.3 is 9.64 Å². The highest BCUT2D eigenvalue weighted by atomic mass is 35.5. The van der Waals surface area contributed by atoms with Gasteiger partial charge in [-0.15, -0.1) is 0 Å². The lowest BCUT2D eigenvalue weighted by Crippen LogP contribution is -2.47. The molecule has 2 heterocycles. The Morgan fingerprint density at radius 3 is 2.68 bits per heavy atom. The van der Waals surface area contributed by atoms with Crippen molar-refractivity contribution in [2.45, 2.75) is 52.7 Å². The monoisotopic (exact) mass is 283 g/mol. The van der Waals surface area contributed by atoms with Crippen molar-refractivity contribution in [3.05, 3.63) is 16.5 Å². The molecule has 0 N–H and O–H groups in total. The van der Waals surface area contributed by atoms with Crippen LogP contribution in [0.1, 0.15) is 38.6 Å². The zero-order valence-corrected chi connectivity index (χ0v) is 12.9. The van der Waals surface area contributed by atoms with E-state index in [1.54, 1.807) is 0 Å². The maximum atomic E-state index is 6.25. The van der Waals surface area contributed by atoms with Gasteiger partial charge in [0.05, 0.1) is 12.2 Å². The largest absolute Gasteiger partial charge is 0.372 e. The van der Waals surface area contributed by atoms with Gasteiger partial charge in [0.2, 0.25) is 0 Å². The van der Waals surface area contributed by atoms with Crippen molar-refractivity contribution in [3.63, 3.8) is 0 Å². The zero-order chi connectivity index (χ0) is 14.0. The first-order valence-electron chi connectivity index (χ1n) is 6.98. The van der Waals surface area contributed by atoms with Crippen LogP contribution in [0.15, 0.2) is 0 Å². The second-order valence-corrected chi connectivity index (χ2v) is 5.46. The Morgan fingerprint density at radius 1 is 1.32 bits per heavy atom. The van der Waals surface area contributed by atoms with Gasteiger partial charge in [-0.25, -0.2) is 9.97 Å². The second kappa shape index (κ2) is 6.06. The first-order valence-corrected chi connectivity index (χ1v) is 7.36. The van der Waals surface area contributed by atoms with Gasteiger partial charge in [0, 0.05) is 18.7 Å². The first kappa shape index (κ1) is 14.5. The van der Waals surface area contributed by atoms with Gasteiger partial charge in [-0.1, -0.05) is 25.4 Å². The molecule has 106 valence electrons. The molecule has 0 spiro atoms. The van der Waals surface area contributed by atoms with Crippen LogP contribution in [0.3, 0.4) is 0 Å². The van der Waals surface area contributed by atoms with E-state index in [0.29, 0.717) is 5.15 Å². The van der Waals surface area contributed by atoms with Crippen LogP contribution in [-0.4, -0.2) is 35.3 Å². The highest BCUT2D eigenvalue weighted by Crippen LogP contribution is 2.28. The minimum atomic E-state index is 0.220. The molecule has 0 amide bonds. The molecule has 1 aromatic heterocycles. The Labute approximate surface area is 120 Å². The smallest absolute Gasteiger partial charge is 0.138 e. The van der Waals surface area contributed by atoms with Crippen LogP contribution in [0, 0.1) is 6.92 Å². The van der Waals surface area contributed by atoms with E-state index in [-0.39, 0.29) is 12.2 Å². The molecular weight excluding hydrogens is 262 g/mol. The van der Waals surface area contributed by atoms with Crippen molar-refractivity contribution >= 4 is 17.4 Å². The third-order valence-electron chi connectivity index (χ3n) is 3.48. The average molecular weight is 284 g/mol. The van der Waals surface area contributed by atoms with Gasteiger partial charge in [0.15, 0.2) is 0 Å². The van der Waals surface area contributed by atoms with Crippen molar-refractivity contribution in [1.29, 1.82) is 0 Å². The van der Waals surface area contributed by atoms with E-state index in [1.165, 1.54) is 0 Å². The minimum absolute atomic E-state index is 0.220. The number of ether oxygens (including phenoxy) is 1. The molecule has 0 saturated carbocycles. The van der Waals surface area contributed by atoms with E-state index in [9.17, 15) is 0 Å². The first-order chi connectivity index (χ1) is 9.05. The topological polar surface area (TPSA) is 38.2 Å². The van der Waals surface area contributed by atoms with Crippen molar-refractivity contribution < 1.29 is 4.74 Å². The maximum absolute atomic E-state index is 6.25. The van der Waals surface area contributed by atoms with Crippen LogP contribution in [0.2, 0.25) is 5.15 Å². The summed E-state index contributed by atoms with van der Waals surface area (Å²) in [5.41, 5.74) is 1.04. The Hall–Kier alpha value is -0.870. The molecule has 5 heteroatoms. The normalized spacial score (nSPS) is 23.7. The van der Waals surface area contributed by atoms with Crippen molar-refractivity contribution in [2.24, 2.45) is 0 Å². The van der Waals surface area contributed by atoms with Gasteiger partial charge in [0.25, 0.3) is 0 Å². The quantitative estimate of drug-likeness (QED) is 0.800. The summed E-state index contributed by atoms with van der Waals surface area (Å²) in [6.45, 7) is 9.97. The van der Waals surface area contributed by atoms with Crippen LogP contribution in [0.25, 0.3) is 0 Å². The number of anilines is 1. The van der Waals surface area contributed by atoms with Crippen LogP contribution < -0.4 is 4.90 Å². The predicted molar refractivity (Wildman–Crippen MR) is 78.0 cm³/mol. The highest BCUT2D eigenvalue weighted by Gasteiger charge is 2.27. The van der Waals surface area contributed by atoms with Crippen LogP contribution in [-0.2, 0) is 11.2 Å². The molecule has 0 radical (unpaired) electrons. The molecule has 0 bridgehead atoms. The fraction of sp³-hybridized carbons (Fsp3) is 0.714. The predicted octanol–water partition coefficient (Wildman–Crippen LogP) is 3.00. The number of aromatic nitrogens is 2. The fourth-order valence-corrected chi connectivity index (χ4v) is 2.90. The second-order valence-electron chi connectivity index (χ2n) is 5.10. The molecule has 1 fully saturated rings. The molecule has 0 aliphatic carbocycles. The SMILES string of the molecule is CCc1c(Cl)nc(C)nc1N1CC(C)OC(CC)C1. The van der Waals surface area contributed by atoms with E-state index in [2.05, 4.69) is 35.6 Å². The number of hydrogen-bond acceptors (Lipinski definition) is 4. The minimum Gasteiger partial charge on any atom is -0.372 e. The number of morpholine rings is 1. The molecule has 2 atom stereocenters. The molecule has 0 aromatic carbocycles. The Morgan fingerprint density at radius 2 is 2.05 bits per heavy atom. The fourth-order valence-electron chi connectivity index (χ4n) is 2.56. The Bertz CT molecular complexity index is 453. The molecule has 2 unspecified atom stereocenters. The standard InChI is InChI=1S/C14H22ClN3O/c1-5-11-8-18(7-9(3)19-11)14-12(6-2)13(15)16-10(4)17-14/h9,11H,5-8H2,1-4H3. The molecule has 1 aliphatic rings. The van der Waals surface area contributed by atoms with Gasteiger partial charge in [-0.05, 0) is 26.7 Å². The summed E-state index contributed by atoms with van der Waals surface area (Å²) in [4.78, 5) is 11.2. The van der Waals surface area contributed by atoms with E-state index in [4.69, 9.17) is 16.3 Å². The Kier molecular flexibility index (Phi) is 4.63. The summed E-state index contributed by atoms with van der Waals surface area (Å²) in [7, 11) is 0. The number of halogens is 1. The average Bonchev–Trinajstić information content (AvgIpc) is 2.37. The summed E-state index contributed by atoms with van der Waals surface area (Å²) in [6.07, 6.45) is 2.34. The summed E-state index contributed by atoms with van der Waals surface area (Å²) in [5, 5.41) is 0.581.